The largest absolute Gasteiger partial charge is 0.253 e. The van der Waals surface area contributed by atoms with E-state index in [1.165, 1.54) is 22.2 Å². The van der Waals surface area contributed by atoms with Gasteiger partial charge in [-0.15, -0.1) is 0 Å². The number of fused-ring (bicyclic) bond motifs is 1. The second-order valence-electron chi connectivity index (χ2n) is 4.41. The number of aromatic nitrogens is 1. The third-order valence-electron chi connectivity index (χ3n) is 2.97. The molecular weight excluding hydrogens is 206 g/mol. The fourth-order valence-corrected chi connectivity index (χ4v) is 2.40. The van der Waals surface area contributed by atoms with E-state index in [0.29, 0.717) is 5.92 Å². The highest BCUT2D eigenvalue weighted by Gasteiger charge is 2.11. The first kappa shape index (κ1) is 13.7. The molecule has 0 amide bonds. The average molecular weight is 229 g/mol. The van der Waals surface area contributed by atoms with Gasteiger partial charge in [-0.2, -0.15) is 0 Å². The van der Waals surface area contributed by atoms with E-state index in [4.69, 9.17) is 0 Å². The smallest absolute Gasteiger partial charge is 0.0708 e. The minimum absolute atomic E-state index is 0.544. The second-order valence-corrected chi connectivity index (χ2v) is 4.41. The molecule has 1 aromatic carbocycles. The number of hydrogen-bond donors (Lipinski definition) is 0. The third kappa shape index (κ3) is 2.66. The van der Waals surface area contributed by atoms with Gasteiger partial charge in [-0.05, 0) is 37.0 Å². The van der Waals surface area contributed by atoms with Crippen molar-refractivity contribution in [3.63, 3.8) is 0 Å². The summed E-state index contributed by atoms with van der Waals surface area (Å²) in [5.41, 5.74) is 5.06. The van der Waals surface area contributed by atoms with Gasteiger partial charge in [0, 0.05) is 11.1 Å². The minimum atomic E-state index is 0.544. The molecular formula is C16H23N. The number of benzene rings is 1. The van der Waals surface area contributed by atoms with E-state index in [9.17, 15) is 0 Å². The van der Waals surface area contributed by atoms with Crippen LogP contribution < -0.4 is 0 Å². The number of hydrogen-bond acceptors (Lipinski definition) is 1. The molecule has 0 fully saturated rings. The molecule has 0 radical (unpaired) electrons. The zero-order chi connectivity index (χ0) is 13.0. The number of nitrogens with zero attached hydrogens (tertiary/aromatic N) is 1. The van der Waals surface area contributed by atoms with Crippen LogP contribution >= 0.6 is 0 Å². The first-order valence-corrected chi connectivity index (χ1v) is 6.47. The lowest BCUT2D eigenvalue weighted by Gasteiger charge is -2.15. The van der Waals surface area contributed by atoms with Gasteiger partial charge in [0.15, 0.2) is 0 Å². The number of rotatable bonds is 1. The molecule has 1 nitrogen and oxygen atoms in total. The summed E-state index contributed by atoms with van der Waals surface area (Å²) in [5, 5.41) is 1.28. The maximum Gasteiger partial charge on any atom is 0.0708 e. The highest BCUT2D eigenvalue weighted by molar-refractivity contribution is 5.83. The van der Waals surface area contributed by atoms with Crippen molar-refractivity contribution in [2.24, 2.45) is 0 Å². The third-order valence-corrected chi connectivity index (χ3v) is 2.97. The quantitative estimate of drug-likeness (QED) is 0.670. The molecule has 0 aliphatic carbocycles. The van der Waals surface area contributed by atoms with Crippen LogP contribution in [0.2, 0.25) is 0 Å². The summed E-state index contributed by atoms with van der Waals surface area (Å²) in [7, 11) is 0. The molecule has 0 atom stereocenters. The molecule has 0 aliphatic rings. The fourth-order valence-electron chi connectivity index (χ4n) is 2.40. The van der Waals surface area contributed by atoms with E-state index in [1.54, 1.807) is 0 Å². The van der Waals surface area contributed by atoms with E-state index in [1.807, 2.05) is 19.9 Å². The van der Waals surface area contributed by atoms with Crippen LogP contribution in [0.25, 0.3) is 10.9 Å². The Morgan fingerprint density at radius 1 is 1.00 bits per heavy atom. The van der Waals surface area contributed by atoms with Gasteiger partial charge in [-0.1, -0.05) is 45.9 Å². The lowest BCUT2D eigenvalue weighted by atomic mass is 9.94. The zero-order valence-corrected chi connectivity index (χ0v) is 11.8. The number of aryl methyl sites for hydroxylation is 2. The summed E-state index contributed by atoms with van der Waals surface area (Å²) in [6.07, 6.45) is 0. The van der Waals surface area contributed by atoms with E-state index in [0.717, 1.165) is 5.52 Å². The molecule has 0 saturated carbocycles. The summed E-state index contributed by atoms with van der Waals surface area (Å²) in [4.78, 5) is 4.66. The predicted molar refractivity (Wildman–Crippen MR) is 76.7 cm³/mol. The van der Waals surface area contributed by atoms with Crippen LogP contribution in [0.3, 0.4) is 0 Å². The standard InChI is InChI=1S/C14H17N.C2H6/c1-9(2)14-10(3)12-7-5-6-8-13(12)15-11(14)4;1-2/h5-9H,1-4H3;1-2H3. The van der Waals surface area contributed by atoms with Gasteiger partial charge in [0.1, 0.15) is 0 Å². The second kappa shape index (κ2) is 5.81. The summed E-state index contributed by atoms with van der Waals surface area (Å²) in [6, 6.07) is 8.36. The summed E-state index contributed by atoms with van der Waals surface area (Å²) < 4.78 is 0. The van der Waals surface area contributed by atoms with Crippen molar-refractivity contribution in [1.82, 2.24) is 4.98 Å². The molecule has 0 spiro atoms. The van der Waals surface area contributed by atoms with Crippen LogP contribution in [-0.4, -0.2) is 4.98 Å². The maximum absolute atomic E-state index is 4.66. The molecule has 92 valence electrons. The lowest BCUT2D eigenvalue weighted by Crippen LogP contribution is -2.00. The van der Waals surface area contributed by atoms with E-state index in [-0.39, 0.29) is 0 Å². The molecule has 17 heavy (non-hydrogen) atoms. The van der Waals surface area contributed by atoms with Crippen molar-refractivity contribution in [1.29, 1.82) is 0 Å². The molecule has 2 aromatic rings. The van der Waals surface area contributed by atoms with E-state index >= 15 is 0 Å². The summed E-state index contributed by atoms with van der Waals surface area (Å²) in [6.45, 7) is 12.8. The van der Waals surface area contributed by atoms with Crippen molar-refractivity contribution >= 4 is 10.9 Å². The Morgan fingerprint density at radius 3 is 2.18 bits per heavy atom. The Hall–Kier alpha value is -1.37. The summed E-state index contributed by atoms with van der Waals surface area (Å²) in [5.74, 6) is 0.544. The first-order valence-electron chi connectivity index (χ1n) is 6.47. The lowest BCUT2D eigenvalue weighted by molar-refractivity contribution is 0.838. The van der Waals surface area contributed by atoms with Gasteiger partial charge in [0.25, 0.3) is 0 Å². The van der Waals surface area contributed by atoms with Crippen LogP contribution in [-0.2, 0) is 0 Å². The molecule has 1 heteroatoms. The molecule has 0 unspecified atom stereocenters. The normalized spacial score (nSPS) is 10.3. The van der Waals surface area contributed by atoms with E-state index < -0.39 is 0 Å². The first-order chi connectivity index (χ1) is 8.11. The maximum atomic E-state index is 4.66. The monoisotopic (exact) mass is 229 g/mol. The van der Waals surface area contributed by atoms with Gasteiger partial charge in [-0.25, -0.2) is 0 Å². The molecule has 1 heterocycles. The SMILES string of the molecule is CC.Cc1nc2ccccc2c(C)c1C(C)C. The molecule has 0 aliphatic heterocycles. The van der Waals surface area contributed by atoms with Crippen LogP contribution in [0, 0.1) is 13.8 Å². The molecule has 2 rings (SSSR count). The van der Waals surface area contributed by atoms with Crippen LogP contribution in [0.15, 0.2) is 24.3 Å². The van der Waals surface area contributed by atoms with Gasteiger partial charge in [-0.3, -0.25) is 4.98 Å². The van der Waals surface area contributed by atoms with Gasteiger partial charge in [0.05, 0.1) is 5.52 Å². The molecule has 0 bridgehead atoms. The van der Waals surface area contributed by atoms with Gasteiger partial charge < -0.3 is 0 Å². The Labute approximate surface area is 105 Å². The highest BCUT2D eigenvalue weighted by atomic mass is 14.7. The van der Waals surface area contributed by atoms with Crippen molar-refractivity contribution in [2.45, 2.75) is 47.5 Å². The highest BCUT2D eigenvalue weighted by Crippen LogP contribution is 2.27. The fraction of sp³-hybridized carbons (Fsp3) is 0.438. The topological polar surface area (TPSA) is 12.9 Å². The molecule has 1 aromatic heterocycles. The minimum Gasteiger partial charge on any atom is -0.253 e. The predicted octanol–water partition coefficient (Wildman–Crippen LogP) is 5.00. The summed E-state index contributed by atoms with van der Waals surface area (Å²) >= 11 is 0. The molecule has 0 N–H and O–H groups in total. The van der Waals surface area contributed by atoms with Crippen LogP contribution in [0.4, 0.5) is 0 Å². The van der Waals surface area contributed by atoms with Gasteiger partial charge in [0.2, 0.25) is 0 Å². The Balaban J connectivity index is 0.000000686. The van der Waals surface area contributed by atoms with Gasteiger partial charge >= 0.3 is 0 Å². The Kier molecular flexibility index (Phi) is 4.68. The van der Waals surface area contributed by atoms with E-state index in [2.05, 4.69) is 50.9 Å². The zero-order valence-electron chi connectivity index (χ0n) is 11.8. The van der Waals surface area contributed by atoms with Crippen LogP contribution in [0.5, 0.6) is 0 Å². The Bertz CT molecular complexity index is 498. The van der Waals surface area contributed by atoms with Crippen molar-refractivity contribution in [3.05, 3.63) is 41.1 Å². The number of para-hydroxylation sites is 1. The van der Waals surface area contributed by atoms with Crippen molar-refractivity contribution < 1.29 is 0 Å². The van der Waals surface area contributed by atoms with Crippen LogP contribution in [0.1, 0.15) is 50.4 Å². The Morgan fingerprint density at radius 2 is 1.59 bits per heavy atom. The van der Waals surface area contributed by atoms with Crippen molar-refractivity contribution in [3.8, 4) is 0 Å². The average Bonchev–Trinajstić information content (AvgIpc) is 2.31. The van der Waals surface area contributed by atoms with Crippen molar-refractivity contribution in [2.75, 3.05) is 0 Å². The number of pyridine rings is 1. The molecule has 0 saturated heterocycles.